The molecule has 3 heterocycles. The number of aromatic hydroxyl groups is 1. The minimum Gasteiger partial charge on any atom is -0.504 e. The minimum absolute atomic E-state index is 0.0369. The lowest BCUT2D eigenvalue weighted by atomic mass is 10.1. The molecule has 4 N–H and O–H groups in total. The van der Waals surface area contributed by atoms with E-state index in [0.717, 1.165) is 16.3 Å². The van der Waals surface area contributed by atoms with Crippen molar-refractivity contribution in [1.29, 1.82) is 0 Å². The van der Waals surface area contributed by atoms with Crippen LogP contribution in [0, 0.1) is 0 Å². The van der Waals surface area contributed by atoms with Gasteiger partial charge in [0.2, 0.25) is 5.91 Å². The van der Waals surface area contributed by atoms with Gasteiger partial charge in [-0.05, 0) is 48.9 Å². The van der Waals surface area contributed by atoms with Crippen LogP contribution in [0.4, 0.5) is 5.69 Å². The van der Waals surface area contributed by atoms with Crippen LogP contribution in [0.25, 0.3) is 10.4 Å². The molecule has 1 aromatic carbocycles. The number of pyridine rings is 1. The van der Waals surface area contributed by atoms with Crippen molar-refractivity contribution in [2.24, 2.45) is 10.8 Å². The number of carboxylic acids is 1. The Hall–Kier alpha value is -3.77. The molecule has 4 rings (SSSR count). The SMILES string of the molecule is CC=NN(C(=O)c1ccc(C(=O)O)s1)c1csc(-c2ccc(Cl)c(Cl)c2)c1O.NC(=O)c1ccncc1. The maximum absolute atomic E-state index is 12.9. The molecular formula is C24H18Cl2N4O5S2. The number of thiophene rings is 2. The lowest BCUT2D eigenvalue weighted by molar-refractivity contribution is 0.0701. The number of aromatic nitrogens is 1. The van der Waals surface area contributed by atoms with E-state index in [1.807, 2.05) is 0 Å². The average molecular weight is 577 g/mol. The Balaban J connectivity index is 0.000000356. The van der Waals surface area contributed by atoms with Crippen molar-refractivity contribution in [2.45, 2.75) is 6.92 Å². The number of nitrogens with two attached hydrogens (primary N) is 1. The Morgan fingerprint density at radius 3 is 2.27 bits per heavy atom. The van der Waals surface area contributed by atoms with E-state index in [1.54, 1.807) is 42.6 Å². The third-order valence-corrected chi connectivity index (χ3v) is 7.38. The second-order valence-electron chi connectivity index (χ2n) is 6.99. The van der Waals surface area contributed by atoms with Crippen molar-refractivity contribution in [2.75, 3.05) is 5.01 Å². The summed E-state index contributed by atoms with van der Waals surface area (Å²) in [5, 5.41) is 27.1. The minimum atomic E-state index is -1.12. The van der Waals surface area contributed by atoms with E-state index >= 15 is 0 Å². The van der Waals surface area contributed by atoms with Crippen molar-refractivity contribution in [3.63, 3.8) is 0 Å². The van der Waals surface area contributed by atoms with E-state index in [-0.39, 0.29) is 21.2 Å². The Morgan fingerprint density at radius 2 is 1.73 bits per heavy atom. The summed E-state index contributed by atoms with van der Waals surface area (Å²) in [5.74, 6) is -2.23. The Morgan fingerprint density at radius 1 is 1.05 bits per heavy atom. The van der Waals surface area contributed by atoms with Crippen molar-refractivity contribution in [1.82, 2.24) is 4.98 Å². The van der Waals surface area contributed by atoms with E-state index in [2.05, 4.69) is 10.1 Å². The van der Waals surface area contributed by atoms with E-state index in [1.165, 1.54) is 42.1 Å². The first-order valence-corrected chi connectivity index (χ1v) is 12.7. The van der Waals surface area contributed by atoms with Crippen LogP contribution in [-0.2, 0) is 0 Å². The number of carboxylic acid groups (broad SMARTS) is 1. The summed E-state index contributed by atoms with van der Waals surface area (Å²) in [6.07, 6.45) is 4.46. The number of carbonyl (C=O) groups is 3. The van der Waals surface area contributed by atoms with Crippen LogP contribution in [-0.4, -0.2) is 39.2 Å². The normalized spacial score (nSPS) is 10.6. The predicted molar refractivity (Wildman–Crippen MR) is 146 cm³/mol. The van der Waals surface area contributed by atoms with Crippen LogP contribution in [0.3, 0.4) is 0 Å². The summed E-state index contributed by atoms with van der Waals surface area (Å²) in [7, 11) is 0. The number of amides is 2. The average Bonchev–Trinajstić information content (AvgIpc) is 3.52. The quantitative estimate of drug-likeness (QED) is 0.189. The fourth-order valence-corrected chi connectivity index (χ4v) is 4.85. The van der Waals surface area contributed by atoms with Gasteiger partial charge >= 0.3 is 5.97 Å². The van der Waals surface area contributed by atoms with Gasteiger partial charge in [-0.3, -0.25) is 14.6 Å². The fourth-order valence-electron chi connectivity index (χ4n) is 2.86. The van der Waals surface area contributed by atoms with Crippen LogP contribution >= 0.6 is 45.9 Å². The number of primary amides is 1. The first kappa shape index (κ1) is 27.8. The standard InChI is InChI=1S/C18H12Cl2N2O4S2.C6H6N2O/c1-2-21-22(17(24)13-5-6-14(28-13)18(25)26)12-8-27-16(15(12)23)9-3-4-10(19)11(20)7-9;7-6(9)5-1-3-8-4-2-5/h2-8,23H,1H3,(H,25,26);1-4H,(H2,7,9). The molecule has 4 aromatic rings. The van der Waals surface area contributed by atoms with Crippen molar-refractivity contribution < 1.29 is 24.6 Å². The van der Waals surface area contributed by atoms with E-state index in [4.69, 9.17) is 34.0 Å². The Kier molecular flexibility index (Phi) is 9.36. The monoisotopic (exact) mass is 576 g/mol. The number of carbonyl (C=O) groups excluding carboxylic acids is 2. The molecule has 9 nitrogen and oxygen atoms in total. The number of benzene rings is 1. The van der Waals surface area contributed by atoms with Gasteiger partial charge in [-0.15, -0.1) is 22.7 Å². The van der Waals surface area contributed by atoms with Gasteiger partial charge in [-0.2, -0.15) is 10.1 Å². The molecule has 13 heteroatoms. The second-order valence-corrected chi connectivity index (χ2v) is 9.77. The van der Waals surface area contributed by atoms with E-state index in [9.17, 15) is 19.5 Å². The van der Waals surface area contributed by atoms with Crippen LogP contribution in [0.1, 0.15) is 36.6 Å². The van der Waals surface area contributed by atoms with Crippen LogP contribution in [0.2, 0.25) is 10.0 Å². The molecule has 37 heavy (non-hydrogen) atoms. The van der Waals surface area contributed by atoms with Gasteiger partial charge in [0.15, 0.2) is 5.75 Å². The predicted octanol–water partition coefficient (Wildman–Crippen LogP) is 6.02. The van der Waals surface area contributed by atoms with Crippen LogP contribution in [0.15, 0.2) is 65.3 Å². The largest absolute Gasteiger partial charge is 0.504 e. The van der Waals surface area contributed by atoms with Gasteiger partial charge in [0, 0.05) is 29.6 Å². The number of nitrogens with zero attached hydrogens (tertiary/aromatic N) is 3. The third kappa shape index (κ3) is 6.71. The molecule has 0 spiro atoms. The molecule has 0 aliphatic carbocycles. The molecule has 190 valence electrons. The first-order chi connectivity index (χ1) is 17.6. The lowest BCUT2D eigenvalue weighted by Gasteiger charge is -2.15. The molecule has 0 atom stereocenters. The Bertz CT molecular complexity index is 1470. The van der Waals surface area contributed by atoms with Gasteiger partial charge in [-0.25, -0.2) is 4.79 Å². The molecule has 0 bridgehead atoms. The first-order valence-electron chi connectivity index (χ1n) is 10.3. The third-order valence-electron chi connectivity index (χ3n) is 4.57. The highest BCUT2D eigenvalue weighted by Crippen LogP contribution is 2.45. The Labute approximate surface area is 229 Å². The molecule has 0 unspecified atom stereocenters. The summed E-state index contributed by atoms with van der Waals surface area (Å²) < 4.78 is 0. The fraction of sp³-hybridized carbons (Fsp3) is 0.0417. The lowest BCUT2D eigenvalue weighted by Crippen LogP contribution is -2.24. The summed E-state index contributed by atoms with van der Waals surface area (Å²) in [5.41, 5.74) is 6.26. The highest BCUT2D eigenvalue weighted by Gasteiger charge is 2.25. The molecule has 0 aliphatic heterocycles. The van der Waals surface area contributed by atoms with Crippen LogP contribution in [0.5, 0.6) is 5.75 Å². The van der Waals surface area contributed by atoms with Gasteiger partial charge in [0.1, 0.15) is 10.6 Å². The molecule has 0 radical (unpaired) electrons. The van der Waals surface area contributed by atoms with Gasteiger partial charge in [0.05, 0.1) is 19.8 Å². The molecular weight excluding hydrogens is 559 g/mol. The maximum atomic E-state index is 12.9. The molecule has 2 amide bonds. The highest BCUT2D eigenvalue weighted by atomic mass is 35.5. The van der Waals surface area contributed by atoms with E-state index < -0.39 is 17.8 Å². The number of halogens is 2. The van der Waals surface area contributed by atoms with Gasteiger partial charge in [-0.1, -0.05) is 29.3 Å². The molecule has 0 fully saturated rings. The van der Waals surface area contributed by atoms with Crippen LogP contribution < -0.4 is 10.7 Å². The molecule has 0 aliphatic rings. The second kappa shape index (κ2) is 12.5. The smallest absolute Gasteiger partial charge is 0.345 e. The summed E-state index contributed by atoms with van der Waals surface area (Å²) in [6, 6.07) is 10.8. The summed E-state index contributed by atoms with van der Waals surface area (Å²) >= 11 is 14.0. The van der Waals surface area contributed by atoms with Gasteiger partial charge in [0.25, 0.3) is 5.91 Å². The number of rotatable bonds is 6. The molecule has 0 saturated carbocycles. The number of hydrazone groups is 1. The van der Waals surface area contributed by atoms with Crippen molar-refractivity contribution in [3.05, 3.63) is 85.6 Å². The topological polar surface area (TPSA) is 146 Å². The molecule has 0 saturated heterocycles. The number of hydrogen-bond donors (Lipinski definition) is 3. The zero-order chi connectivity index (χ0) is 27.1. The maximum Gasteiger partial charge on any atom is 0.345 e. The zero-order valence-corrected chi connectivity index (χ0v) is 22.1. The summed E-state index contributed by atoms with van der Waals surface area (Å²) in [6.45, 7) is 1.63. The number of aromatic carboxylic acids is 1. The zero-order valence-electron chi connectivity index (χ0n) is 19.0. The number of anilines is 1. The highest BCUT2D eigenvalue weighted by molar-refractivity contribution is 7.16. The van der Waals surface area contributed by atoms with E-state index in [0.29, 0.717) is 26.0 Å². The van der Waals surface area contributed by atoms with Crippen molar-refractivity contribution in [3.8, 4) is 16.2 Å². The van der Waals surface area contributed by atoms with Crippen molar-refractivity contribution >= 4 is 75.6 Å². The van der Waals surface area contributed by atoms with Gasteiger partial charge < -0.3 is 15.9 Å². The summed E-state index contributed by atoms with van der Waals surface area (Å²) in [4.78, 5) is 38.8. The molecule has 3 aromatic heterocycles. The number of hydrogen-bond acceptors (Lipinski definition) is 8.